The van der Waals surface area contributed by atoms with Crippen molar-refractivity contribution in [1.29, 1.82) is 10.7 Å². The number of hydrogen-bond donors (Lipinski definition) is 4. The van der Waals surface area contributed by atoms with Gasteiger partial charge in [-0.1, -0.05) is 64.5 Å². The van der Waals surface area contributed by atoms with Crippen molar-refractivity contribution in [2.75, 3.05) is 34.5 Å². The molecule has 1 unspecified atom stereocenters. The lowest BCUT2D eigenvalue weighted by molar-refractivity contribution is -0.147. The first-order valence-corrected chi connectivity index (χ1v) is 16.0. The van der Waals surface area contributed by atoms with Gasteiger partial charge in [-0.3, -0.25) is 10.2 Å². The Morgan fingerprint density at radius 1 is 1.36 bits per heavy atom. The number of likely N-dealkylation sites (N-methyl/N-ethyl adjacent to an activating group) is 1. The number of carbonyl (C=O) groups excluding carboxylic acids is 1. The van der Waals surface area contributed by atoms with Crippen LogP contribution in [0.25, 0.3) is 0 Å². The first kappa shape index (κ1) is 45.6. The molecule has 0 bridgehead atoms. The minimum Gasteiger partial charge on any atom is -0.464 e. The first-order chi connectivity index (χ1) is 22.2. The number of aromatic amines is 1. The van der Waals surface area contributed by atoms with Crippen molar-refractivity contribution >= 4 is 26.0 Å². The lowest BCUT2D eigenvalue weighted by atomic mass is 9.84. The second-order valence-electron chi connectivity index (χ2n) is 11.2. The number of carbonyl (C=O) groups is 1. The van der Waals surface area contributed by atoms with Crippen LogP contribution in [-0.4, -0.2) is 83.1 Å². The van der Waals surface area contributed by atoms with Crippen molar-refractivity contribution in [3.63, 3.8) is 0 Å². The maximum atomic E-state index is 11.2. The van der Waals surface area contributed by atoms with E-state index >= 15 is 0 Å². The summed E-state index contributed by atoms with van der Waals surface area (Å²) in [5.41, 5.74) is 5.95. The molecule has 1 aliphatic rings. The third kappa shape index (κ3) is 17.8. The number of methoxy groups -OCH3 is 1. The molecule has 1 saturated heterocycles. The predicted octanol–water partition coefficient (Wildman–Crippen LogP) is 5.68. The second-order valence-corrected chi connectivity index (χ2v) is 11.2. The van der Waals surface area contributed by atoms with Gasteiger partial charge in [-0.25, -0.2) is 4.99 Å². The maximum absolute atomic E-state index is 11.2. The summed E-state index contributed by atoms with van der Waals surface area (Å²) < 4.78 is 20.9. The quantitative estimate of drug-likeness (QED) is 0.0654. The Morgan fingerprint density at radius 2 is 1.98 bits per heavy atom. The number of amidine groups is 1. The van der Waals surface area contributed by atoms with E-state index in [1.54, 1.807) is 54.2 Å². The van der Waals surface area contributed by atoms with Gasteiger partial charge in [0.1, 0.15) is 38.2 Å². The fraction of sp³-hybridized carbons (Fsp3) is 0.600. The molecule has 5 N–H and O–H groups in total. The van der Waals surface area contributed by atoms with Gasteiger partial charge in [0, 0.05) is 26.1 Å². The summed E-state index contributed by atoms with van der Waals surface area (Å²) in [6.45, 7) is 18.2. The molecular formula is C35H59BN6O5. The molecule has 47 heavy (non-hydrogen) atoms. The maximum Gasteiger partial charge on any atom is 0.322 e. The number of hydrogen-bond acceptors (Lipinski definition) is 8. The number of aliphatic imine (C=N–C) groups is 1. The Balaban J connectivity index is 0. The summed E-state index contributed by atoms with van der Waals surface area (Å²) in [4.78, 5) is 17.9. The Kier molecular flexibility index (Phi) is 24.8. The van der Waals surface area contributed by atoms with Crippen LogP contribution in [0.2, 0.25) is 0 Å². The smallest absolute Gasteiger partial charge is 0.322 e. The van der Waals surface area contributed by atoms with Crippen molar-refractivity contribution in [3.05, 3.63) is 60.0 Å². The molecule has 0 saturated carbocycles. The van der Waals surface area contributed by atoms with E-state index in [-0.39, 0.29) is 17.8 Å². The van der Waals surface area contributed by atoms with E-state index in [1.165, 1.54) is 5.57 Å². The highest BCUT2D eigenvalue weighted by Gasteiger charge is 2.50. The van der Waals surface area contributed by atoms with Crippen molar-refractivity contribution < 1.29 is 23.7 Å². The summed E-state index contributed by atoms with van der Waals surface area (Å²) in [5.74, 6) is 0.506. The number of rotatable bonds is 14. The molecule has 1 aromatic heterocycles. The zero-order valence-electron chi connectivity index (χ0n) is 30.3. The van der Waals surface area contributed by atoms with Gasteiger partial charge in [0.25, 0.3) is 0 Å². The summed E-state index contributed by atoms with van der Waals surface area (Å²) in [6, 6.07) is 5.38. The Hall–Kier alpha value is -3.50. The van der Waals surface area contributed by atoms with E-state index in [4.69, 9.17) is 33.2 Å². The van der Waals surface area contributed by atoms with Crippen molar-refractivity contribution in [1.82, 2.24) is 10.3 Å². The first-order valence-electron chi connectivity index (χ1n) is 16.0. The zero-order valence-corrected chi connectivity index (χ0v) is 30.3. The van der Waals surface area contributed by atoms with Crippen LogP contribution in [0.1, 0.15) is 85.5 Å². The van der Waals surface area contributed by atoms with Crippen molar-refractivity contribution in [3.8, 4) is 6.07 Å². The van der Waals surface area contributed by atoms with Gasteiger partial charge in [0.2, 0.25) is 5.60 Å². The largest absolute Gasteiger partial charge is 0.464 e. The van der Waals surface area contributed by atoms with E-state index in [9.17, 15) is 10.1 Å². The van der Waals surface area contributed by atoms with Crippen LogP contribution < -0.4 is 11.1 Å². The Morgan fingerprint density at radius 3 is 2.43 bits per heavy atom. The van der Waals surface area contributed by atoms with E-state index in [0.29, 0.717) is 36.9 Å². The molecule has 1 aromatic rings. The third-order valence-corrected chi connectivity index (χ3v) is 6.86. The lowest BCUT2D eigenvalue weighted by Crippen LogP contribution is -2.42. The number of nitrogens with two attached hydrogens (primary N) is 1. The number of aromatic nitrogens is 1. The fourth-order valence-electron chi connectivity index (χ4n) is 4.07. The number of ether oxygens (including phenoxy) is 4. The fourth-order valence-corrected chi connectivity index (χ4v) is 4.07. The highest BCUT2D eigenvalue weighted by atomic mass is 16.6. The second kappa shape index (κ2) is 25.6. The standard InChI is InChI=1S/C14H18BN5O2.C10H21NO2.C9H14.C2H6O/c1-13(2,15)22-11-5-6-21-14(11,7-16)10-4-3-9(20-10)12(18)19-8-17;1-5-9(6-2)7-13-10(12)8(3)11-4;1-4-7-9(6-3)8-5-2;1-3-2/h3-4,8,11,20H,5-6H2,1-2H3,(H3,17,18,19);8-9,11H,5-7H2,1-4H3;4-5,7-8H,1,6H2,2-3H3;1-2H3/b;;8-5-,9-7-;/t11?,14-;8-;;/m00../s1. The van der Waals surface area contributed by atoms with Crippen LogP contribution in [0.4, 0.5) is 0 Å². The van der Waals surface area contributed by atoms with Crippen molar-refractivity contribution in [2.45, 2.75) is 97.4 Å². The van der Waals surface area contributed by atoms with Crippen LogP contribution in [-0.2, 0) is 29.3 Å². The Labute approximate surface area is 285 Å². The lowest BCUT2D eigenvalue weighted by Gasteiger charge is -2.32. The van der Waals surface area contributed by atoms with E-state index in [1.807, 2.05) is 25.2 Å². The summed E-state index contributed by atoms with van der Waals surface area (Å²) >= 11 is 0. The number of H-pyrrole nitrogens is 1. The van der Waals surface area contributed by atoms with Crippen LogP contribution >= 0.6 is 0 Å². The molecule has 0 amide bonds. The molecular weight excluding hydrogens is 595 g/mol. The van der Waals surface area contributed by atoms with Gasteiger partial charge < -0.3 is 35.0 Å². The van der Waals surface area contributed by atoms with Crippen LogP contribution in [0.3, 0.4) is 0 Å². The third-order valence-electron chi connectivity index (χ3n) is 6.86. The monoisotopic (exact) mass is 654 g/mol. The normalized spacial score (nSPS) is 18.5. The van der Waals surface area contributed by atoms with Gasteiger partial charge in [-0.15, -0.1) is 0 Å². The highest BCUT2D eigenvalue weighted by molar-refractivity contribution is 6.13. The summed E-state index contributed by atoms with van der Waals surface area (Å²) in [6.07, 6.45) is 12.1. The van der Waals surface area contributed by atoms with Crippen LogP contribution in [0, 0.1) is 22.7 Å². The molecule has 0 aromatic carbocycles. The molecule has 3 atom stereocenters. The highest BCUT2D eigenvalue weighted by Crippen LogP contribution is 2.39. The summed E-state index contributed by atoms with van der Waals surface area (Å²) in [5, 5.41) is 19.5. The van der Waals surface area contributed by atoms with E-state index in [0.717, 1.165) is 25.6 Å². The molecule has 2 heterocycles. The molecule has 0 aliphatic carbocycles. The number of esters is 1. The van der Waals surface area contributed by atoms with Gasteiger partial charge in [0.05, 0.1) is 24.6 Å². The Bertz CT molecular complexity index is 1160. The number of allylic oxidation sites excluding steroid dienone is 5. The molecule has 1 aliphatic heterocycles. The zero-order chi connectivity index (χ0) is 36.5. The SMILES string of the molecule is C=C/C=C(\C=C/C)CC.CCC(CC)COC(=O)[C@H](C)NC.COC.[B]C(C)(C)OC1CCO[C@@]1(C#N)c1ccc(C(N)=NC=N)[nH]1. The number of nitriles is 1. The van der Waals surface area contributed by atoms with Crippen LogP contribution in [0.15, 0.2) is 53.6 Å². The van der Waals surface area contributed by atoms with Gasteiger partial charge >= 0.3 is 5.97 Å². The molecule has 2 radical (unpaired) electrons. The van der Waals surface area contributed by atoms with Gasteiger partial charge in [-0.2, -0.15) is 5.26 Å². The molecule has 12 heteroatoms. The minimum atomic E-state index is -1.26. The van der Waals surface area contributed by atoms with E-state index < -0.39 is 17.2 Å². The molecule has 262 valence electrons. The van der Waals surface area contributed by atoms with E-state index in [2.05, 4.69) is 59.5 Å². The average Bonchev–Trinajstić information content (AvgIpc) is 3.69. The topological polar surface area (TPSA) is 168 Å². The number of nitrogens with zero attached hydrogens (tertiary/aromatic N) is 2. The van der Waals surface area contributed by atoms with Gasteiger partial charge in [-0.05, 0) is 64.8 Å². The van der Waals surface area contributed by atoms with Gasteiger partial charge in [0.15, 0.2) is 0 Å². The molecule has 2 rings (SSSR count). The summed E-state index contributed by atoms with van der Waals surface area (Å²) in [7, 11) is 10.9. The average molecular weight is 655 g/mol. The minimum absolute atomic E-state index is 0.156. The number of nitrogens with one attached hydrogen (secondary N) is 3. The predicted molar refractivity (Wildman–Crippen MR) is 193 cm³/mol. The molecule has 0 spiro atoms. The van der Waals surface area contributed by atoms with Crippen LogP contribution in [0.5, 0.6) is 0 Å². The molecule has 11 nitrogen and oxygen atoms in total. The molecule has 1 fully saturated rings. The van der Waals surface area contributed by atoms with Crippen molar-refractivity contribution in [2.24, 2.45) is 16.6 Å².